The molecule has 6 heteroatoms. The lowest BCUT2D eigenvalue weighted by atomic mass is 10.2. The molecule has 1 aromatic carbocycles. The summed E-state index contributed by atoms with van der Waals surface area (Å²) >= 11 is 3.45. The molecule has 3 aromatic rings. The second-order valence-corrected chi connectivity index (χ2v) is 6.38. The van der Waals surface area contributed by atoms with Crippen LogP contribution in [0.25, 0.3) is 10.9 Å². The summed E-state index contributed by atoms with van der Waals surface area (Å²) in [5.74, 6) is 0.152. The molecule has 0 N–H and O–H groups in total. The smallest absolute Gasteiger partial charge is 0.341 e. The number of aromatic nitrogens is 2. The van der Waals surface area contributed by atoms with Gasteiger partial charge < -0.3 is 14.0 Å². The summed E-state index contributed by atoms with van der Waals surface area (Å²) in [6.07, 6.45) is 3.48. The number of pyridine rings is 1. The molecule has 0 unspecified atom stereocenters. The molecule has 2 heterocycles. The normalized spacial score (nSPS) is 10.8. The van der Waals surface area contributed by atoms with Crippen molar-refractivity contribution < 1.29 is 14.3 Å². The van der Waals surface area contributed by atoms with E-state index < -0.39 is 0 Å². The zero-order valence-electron chi connectivity index (χ0n) is 14.2. The first-order chi connectivity index (χ1) is 12.1. The van der Waals surface area contributed by atoms with Crippen molar-refractivity contribution in [3.05, 3.63) is 58.3 Å². The molecule has 0 saturated heterocycles. The van der Waals surface area contributed by atoms with Crippen molar-refractivity contribution in [1.29, 1.82) is 0 Å². The van der Waals surface area contributed by atoms with Crippen LogP contribution in [-0.2, 0) is 11.3 Å². The van der Waals surface area contributed by atoms with Crippen LogP contribution in [0.2, 0.25) is 0 Å². The Labute approximate surface area is 154 Å². The molecule has 0 saturated carbocycles. The van der Waals surface area contributed by atoms with Crippen LogP contribution < -0.4 is 4.74 Å². The lowest BCUT2D eigenvalue weighted by Crippen LogP contribution is -2.10. The van der Waals surface area contributed by atoms with E-state index in [1.54, 1.807) is 6.92 Å². The molecule has 0 atom stereocenters. The van der Waals surface area contributed by atoms with E-state index in [1.165, 1.54) is 6.20 Å². The maximum atomic E-state index is 12.4. The Balaban J connectivity index is 2.09. The fourth-order valence-electron chi connectivity index (χ4n) is 2.73. The van der Waals surface area contributed by atoms with Gasteiger partial charge in [0.25, 0.3) is 0 Å². The Morgan fingerprint density at radius 2 is 1.92 bits per heavy atom. The minimum Gasteiger partial charge on any atom is -0.477 e. The zero-order valence-corrected chi connectivity index (χ0v) is 15.7. The highest BCUT2D eigenvalue weighted by Crippen LogP contribution is 2.29. The van der Waals surface area contributed by atoms with Gasteiger partial charge in [-0.25, -0.2) is 9.78 Å². The summed E-state index contributed by atoms with van der Waals surface area (Å²) < 4.78 is 13.9. The maximum Gasteiger partial charge on any atom is 0.341 e. The summed E-state index contributed by atoms with van der Waals surface area (Å²) in [6, 6.07) is 10.0. The number of carbonyl (C=O) groups excluding carboxylic acids is 1. The number of hydrogen-bond acceptors (Lipinski definition) is 4. The van der Waals surface area contributed by atoms with Gasteiger partial charge in [-0.2, -0.15) is 0 Å². The van der Waals surface area contributed by atoms with E-state index in [2.05, 4.69) is 20.9 Å². The summed E-state index contributed by atoms with van der Waals surface area (Å²) in [4.78, 5) is 16.6. The van der Waals surface area contributed by atoms with Crippen LogP contribution in [0.1, 0.15) is 29.8 Å². The maximum absolute atomic E-state index is 12.4. The van der Waals surface area contributed by atoms with Crippen molar-refractivity contribution in [2.45, 2.75) is 20.4 Å². The molecule has 25 heavy (non-hydrogen) atoms. The summed E-state index contributed by atoms with van der Waals surface area (Å²) in [6.45, 7) is 5.17. The van der Waals surface area contributed by atoms with Crippen molar-refractivity contribution in [2.24, 2.45) is 0 Å². The number of carbonyl (C=O) groups is 1. The zero-order chi connectivity index (χ0) is 17.8. The predicted molar refractivity (Wildman–Crippen MR) is 100 cm³/mol. The molecule has 0 spiro atoms. The van der Waals surface area contributed by atoms with E-state index in [4.69, 9.17) is 9.47 Å². The Morgan fingerprint density at radius 3 is 2.60 bits per heavy atom. The first-order valence-electron chi connectivity index (χ1n) is 8.16. The SMILES string of the molecule is CCOC(=O)c1cnc(OCC)c2ccn(Cc3ccc(Br)cc3)c12. The fourth-order valence-corrected chi connectivity index (χ4v) is 2.99. The van der Waals surface area contributed by atoms with Gasteiger partial charge >= 0.3 is 5.97 Å². The first kappa shape index (κ1) is 17.5. The van der Waals surface area contributed by atoms with Gasteiger partial charge in [0.15, 0.2) is 0 Å². The number of fused-ring (bicyclic) bond motifs is 1. The van der Waals surface area contributed by atoms with Gasteiger partial charge in [-0.3, -0.25) is 0 Å². The average molecular weight is 403 g/mol. The summed E-state index contributed by atoms with van der Waals surface area (Å²) in [7, 11) is 0. The first-order valence-corrected chi connectivity index (χ1v) is 8.95. The van der Waals surface area contributed by atoms with E-state index in [0.29, 0.717) is 31.2 Å². The quantitative estimate of drug-likeness (QED) is 0.572. The molecule has 2 aromatic heterocycles. The topological polar surface area (TPSA) is 53.4 Å². The van der Waals surface area contributed by atoms with Crippen LogP contribution in [0.3, 0.4) is 0 Å². The third kappa shape index (κ3) is 3.69. The highest BCUT2D eigenvalue weighted by molar-refractivity contribution is 9.10. The van der Waals surface area contributed by atoms with Crippen molar-refractivity contribution in [3.63, 3.8) is 0 Å². The van der Waals surface area contributed by atoms with Crippen LogP contribution in [0.15, 0.2) is 47.2 Å². The van der Waals surface area contributed by atoms with E-state index in [1.807, 2.05) is 48.0 Å². The van der Waals surface area contributed by atoms with Gasteiger partial charge in [-0.05, 0) is 37.6 Å². The number of benzene rings is 1. The summed E-state index contributed by atoms with van der Waals surface area (Å²) in [5, 5.41) is 0.810. The van der Waals surface area contributed by atoms with E-state index in [-0.39, 0.29) is 5.97 Å². The van der Waals surface area contributed by atoms with Crippen LogP contribution in [0, 0.1) is 0 Å². The highest BCUT2D eigenvalue weighted by atomic mass is 79.9. The average Bonchev–Trinajstić information content (AvgIpc) is 3.02. The molecular weight excluding hydrogens is 384 g/mol. The second-order valence-electron chi connectivity index (χ2n) is 5.46. The van der Waals surface area contributed by atoms with E-state index in [0.717, 1.165) is 20.9 Å². The highest BCUT2D eigenvalue weighted by Gasteiger charge is 2.19. The molecule has 5 nitrogen and oxygen atoms in total. The van der Waals surface area contributed by atoms with E-state index >= 15 is 0 Å². The van der Waals surface area contributed by atoms with Gasteiger partial charge in [-0.15, -0.1) is 0 Å². The number of hydrogen-bond donors (Lipinski definition) is 0. The van der Waals surface area contributed by atoms with Gasteiger partial charge in [0.05, 0.1) is 24.1 Å². The standard InChI is InChI=1S/C19H19BrN2O3/c1-3-24-18-15-9-10-22(12-13-5-7-14(20)8-6-13)17(15)16(11-21-18)19(23)25-4-2/h5-11H,3-4,12H2,1-2H3. The molecule has 3 rings (SSSR count). The van der Waals surface area contributed by atoms with E-state index in [9.17, 15) is 4.79 Å². The molecule has 0 aliphatic heterocycles. The van der Waals surface area contributed by atoms with Gasteiger partial charge in [0.1, 0.15) is 5.56 Å². The minimum atomic E-state index is -0.376. The molecule has 0 amide bonds. The third-order valence-corrected chi connectivity index (χ3v) is 4.33. The molecule has 0 aliphatic carbocycles. The number of rotatable bonds is 6. The van der Waals surface area contributed by atoms with Crippen molar-refractivity contribution in [1.82, 2.24) is 9.55 Å². The van der Waals surface area contributed by atoms with Crippen LogP contribution in [-0.4, -0.2) is 28.7 Å². The Morgan fingerprint density at radius 1 is 1.16 bits per heavy atom. The lowest BCUT2D eigenvalue weighted by molar-refractivity contribution is 0.0527. The monoisotopic (exact) mass is 402 g/mol. The number of ether oxygens (including phenoxy) is 2. The summed E-state index contributed by atoms with van der Waals surface area (Å²) in [5.41, 5.74) is 2.35. The van der Waals surface area contributed by atoms with Crippen LogP contribution >= 0.6 is 15.9 Å². The molecule has 0 fully saturated rings. The Kier molecular flexibility index (Phi) is 5.38. The Hall–Kier alpha value is -2.34. The predicted octanol–water partition coefficient (Wildman–Crippen LogP) is 4.42. The number of halogens is 1. The number of esters is 1. The molecular formula is C19H19BrN2O3. The van der Waals surface area contributed by atoms with Gasteiger partial charge in [0, 0.05) is 23.4 Å². The molecule has 0 bridgehead atoms. The second kappa shape index (κ2) is 7.70. The van der Waals surface area contributed by atoms with Crippen LogP contribution in [0.4, 0.5) is 0 Å². The van der Waals surface area contributed by atoms with Crippen molar-refractivity contribution >= 4 is 32.8 Å². The minimum absolute atomic E-state index is 0.320. The van der Waals surface area contributed by atoms with Crippen molar-refractivity contribution in [3.8, 4) is 5.88 Å². The lowest BCUT2D eigenvalue weighted by Gasteiger charge is -2.11. The van der Waals surface area contributed by atoms with Gasteiger partial charge in [-0.1, -0.05) is 28.1 Å². The van der Waals surface area contributed by atoms with Gasteiger partial charge in [0.2, 0.25) is 5.88 Å². The Bertz CT molecular complexity index is 888. The third-order valence-electron chi connectivity index (χ3n) is 3.80. The largest absolute Gasteiger partial charge is 0.477 e. The molecule has 130 valence electrons. The molecule has 0 radical (unpaired) electrons. The fraction of sp³-hybridized carbons (Fsp3) is 0.263. The van der Waals surface area contributed by atoms with Crippen LogP contribution in [0.5, 0.6) is 5.88 Å². The van der Waals surface area contributed by atoms with Crippen molar-refractivity contribution in [2.75, 3.05) is 13.2 Å². The number of nitrogens with zero attached hydrogens (tertiary/aromatic N) is 2. The molecule has 0 aliphatic rings.